The first-order chi connectivity index (χ1) is 6.20. The predicted octanol–water partition coefficient (Wildman–Crippen LogP) is 2.23. The van der Waals surface area contributed by atoms with Crippen LogP contribution in [0, 0.1) is 0 Å². The molecule has 0 amide bonds. The molecule has 0 aliphatic rings. The van der Waals surface area contributed by atoms with Gasteiger partial charge in [-0.15, -0.1) is 0 Å². The second kappa shape index (κ2) is 2.89. The quantitative estimate of drug-likeness (QED) is 0.706. The Balaban J connectivity index is 2.77. The second-order valence-electron chi connectivity index (χ2n) is 3.38. The lowest BCUT2D eigenvalue weighted by molar-refractivity contribution is 0.201. The molecule has 2 nitrogen and oxygen atoms in total. The summed E-state index contributed by atoms with van der Waals surface area (Å²) in [5.74, 6) is 0. The van der Waals surface area contributed by atoms with Crippen LogP contribution < -0.4 is 0 Å². The highest BCUT2D eigenvalue weighted by atomic mass is 16.3. The van der Waals surface area contributed by atoms with Crippen molar-refractivity contribution < 1.29 is 5.11 Å². The molecule has 1 heterocycles. The Kier molecular flexibility index (Phi) is 1.85. The smallest absolute Gasteiger partial charge is 0.0768 e. The van der Waals surface area contributed by atoms with Crippen molar-refractivity contribution >= 4 is 10.9 Å². The molecule has 0 fully saturated rings. The van der Waals surface area contributed by atoms with Crippen molar-refractivity contribution in [3.63, 3.8) is 0 Å². The molecule has 2 aromatic rings. The van der Waals surface area contributed by atoms with Crippen LogP contribution in [0.5, 0.6) is 0 Å². The Morgan fingerprint density at radius 2 is 2.08 bits per heavy atom. The van der Waals surface area contributed by atoms with E-state index in [0.29, 0.717) is 0 Å². The molecule has 1 aromatic heterocycles. The maximum Gasteiger partial charge on any atom is 0.0768 e. The van der Waals surface area contributed by atoms with E-state index in [2.05, 4.69) is 10.6 Å². The summed E-state index contributed by atoms with van der Waals surface area (Å²) in [5.41, 5.74) is 2.16. The van der Waals surface area contributed by atoms with Crippen molar-refractivity contribution in [1.29, 1.82) is 0 Å². The van der Waals surface area contributed by atoms with Crippen LogP contribution in [-0.2, 0) is 7.05 Å². The fraction of sp³-hybridized carbons (Fsp3) is 0.273. The largest absolute Gasteiger partial charge is 0.389 e. The summed E-state index contributed by atoms with van der Waals surface area (Å²) < 4.78 is 2.06. The summed E-state index contributed by atoms with van der Waals surface area (Å²) in [6.45, 7) is 1.79. The minimum Gasteiger partial charge on any atom is -0.389 e. The summed E-state index contributed by atoms with van der Waals surface area (Å²) in [6.07, 6.45) is 1.61. The van der Waals surface area contributed by atoms with Gasteiger partial charge in [0.25, 0.3) is 0 Å². The number of hydrogen-bond donors (Lipinski definition) is 1. The number of benzene rings is 1. The first-order valence-electron chi connectivity index (χ1n) is 4.42. The van der Waals surface area contributed by atoms with Crippen molar-refractivity contribution in [3.8, 4) is 0 Å². The van der Waals surface area contributed by atoms with Gasteiger partial charge in [0.15, 0.2) is 0 Å². The molecule has 1 atom stereocenters. The molecule has 2 heteroatoms. The van der Waals surface area contributed by atoms with Gasteiger partial charge in [-0.05, 0) is 24.6 Å². The maximum atomic E-state index is 9.52. The number of aliphatic hydroxyl groups excluding tert-OH is 1. The maximum absolute atomic E-state index is 9.52. The molecule has 0 aliphatic heterocycles. The van der Waals surface area contributed by atoms with Crippen LogP contribution in [0.2, 0.25) is 0 Å². The summed E-state index contributed by atoms with van der Waals surface area (Å²) in [6, 6.07) is 8.04. The zero-order valence-corrected chi connectivity index (χ0v) is 7.86. The van der Waals surface area contributed by atoms with Crippen LogP contribution in [0.1, 0.15) is 18.6 Å². The van der Waals surface area contributed by atoms with Crippen molar-refractivity contribution in [1.82, 2.24) is 4.57 Å². The molecular formula is C11H13NO. The molecule has 0 spiro atoms. The lowest BCUT2D eigenvalue weighted by atomic mass is 10.1. The number of rotatable bonds is 1. The summed E-state index contributed by atoms with van der Waals surface area (Å²) in [7, 11) is 2.01. The normalized spacial score (nSPS) is 13.5. The molecule has 13 heavy (non-hydrogen) atoms. The van der Waals surface area contributed by atoms with Crippen LogP contribution in [0.4, 0.5) is 0 Å². The van der Waals surface area contributed by atoms with E-state index in [1.807, 2.05) is 31.4 Å². The number of fused-ring (bicyclic) bond motifs is 1. The van der Waals surface area contributed by atoms with E-state index < -0.39 is 6.10 Å². The predicted molar refractivity (Wildman–Crippen MR) is 53.6 cm³/mol. The zero-order valence-electron chi connectivity index (χ0n) is 7.86. The van der Waals surface area contributed by atoms with Gasteiger partial charge in [0.1, 0.15) is 0 Å². The fourth-order valence-electron chi connectivity index (χ4n) is 1.69. The van der Waals surface area contributed by atoms with Gasteiger partial charge in [-0.2, -0.15) is 0 Å². The highest BCUT2D eigenvalue weighted by molar-refractivity contribution is 5.83. The Labute approximate surface area is 77.4 Å². The van der Waals surface area contributed by atoms with Gasteiger partial charge in [-0.3, -0.25) is 0 Å². The number of hydrogen-bond acceptors (Lipinski definition) is 1. The van der Waals surface area contributed by atoms with E-state index in [0.717, 1.165) is 10.9 Å². The van der Waals surface area contributed by atoms with Crippen LogP contribution in [0.15, 0.2) is 30.5 Å². The Morgan fingerprint density at radius 1 is 1.31 bits per heavy atom. The highest BCUT2D eigenvalue weighted by Gasteiger charge is 2.06. The van der Waals surface area contributed by atoms with Gasteiger partial charge in [-0.25, -0.2) is 0 Å². The molecule has 1 N–H and O–H groups in total. The minimum atomic E-state index is -0.397. The molecule has 0 saturated carbocycles. The van der Waals surface area contributed by atoms with Gasteiger partial charge < -0.3 is 9.67 Å². The molecule has 0 radical (unpaired) electrons. The van der Waals surface area contributed by atoms with Crippen LogP contribution in [0.3, 0.4) is 0 Å². The molecular weight excluding hydrogens is 162 g/mol. The second-order valence-corrected chi connectivity index (χ2v) is 3.38. The number of aromatic nitrogens is 1. The molecule has 1 aromatic carbocycles. The number of aliphatic hydroxyl groups is 1. The van der Waals surface area contributed by atoms with E-state index in [-0.39, 0.29) is 0 Å². The lowest BCUT2D eigenvalue weighted by Gasteiger charge is -2.06. The SMILES string of the molecule is C[C@H](O)c1cccc2c1ccn2C. The molecule has 0 bridgehead atoms. The third kappa shape index (κ3) is 1.23. The monoisotopic (exact) mass is 175 g/mol. The third-order valence-corrected chi connectivity index (χ3v) is 2.41. The molecule has 0 unspecified atom stereocenters. The number of aryl methyl sites for hydroxylation is 1. The van der Waals surface area contributed by atoms with E-state index in [9.17, 15) is 5.11 Å². The van der Waals surface area contributed by atoms with Crippen molar-refractivity contribution in [3.05, 3.63) is 36.0 Å². The molecule has 0 aliphatic carbocycles. The summed E-state index contributed by atoms with van der Waals surface area (Å²) in [4.78, 5) is 0. The first-order valence-corrected chi connectivity index (χ1v) is 4.42. The van der Waals surface area contributed by atoms with Crippen molar-refractivity contribution in [2.24, 2.45) is 7.05 Å². The summed E-state index contributed by atoms with van der Waals surface area (Å²) in [5, 5.41) is 10.7. The number of nitrogens with zero attached hydrogens (tertiary/aromatic N) is 1. The van der Waals surface area contributed by atoms with Gasteiger partial charge in [0.05, 0.1) is 6.10 Å². The highest BCUT2D eigenvalue weighted by Crippen LogP contribution is 2.24. The molecule has 68 valence electrons. The Morgan fingerprint density at radius 3 is 2.77 bits per heavy atom. The Hall–Kier alpha value is -1.28. The topological polar surface area (TPSA) is 25.2 Å². The minimum absolute atomic E-state index is 0.397. The first kappa shape index (κ1) is 8.32. The van der Waals surface area contributed by atoms with E-state index in [1.54, 1.807) is 6.92 Å². The van der Waals surface area contributed by atoms with Gasteiger partial charge in [0.2, 0.25) is 0 Å². The standard InChI is InChI=1S/C11H13NO/c1-8(13)9-4-3-5-11-10(9)6-7-12(11)2/h3-8,13H,1-2H3/t8-/m0/s1. The van der Waals surface area contributed by atoms with E-state index in [1.165, 1.54) is 5.52 Å². The average molecular weight is 175 g/mol. The van der Waals surface area contributed by atoms with Crippen molar-refractivity contribution in [2.45, 2.75) is 13.0 Å². The van der Waals surface area contributed by atoms with Crippen molar-refractivity contribution in [2.75, 3.05) is 0 Å². The Bertz CT molecular complexity index is 429. The lowest BCUT2D eigenvalue weighted by Crippen LogP contribution is -1.92. The molecule has 0 saturated heterocycles. The van der Waals surface area contributed by atoms with Crippen LogP contribution in [0.25, 0.3) is 10.9 Å². The third-order valence-electron chi connectivity index (χ3n) is 2.41. The van der Waals surface area contributed by atoms with E-state index in [4.69, 9.17) is 0 Å². The van der Waals surface area contributed by atoms with Gasteiger partial charge in [-0.1, -0.05) is 12.1 Å². The van der Waals surface area contributed by atoms with Gasteiger partial charge >= 0.3 is 0 Å². The van der Waals surface area contributed by atoms with Crippen LogP contribution in [-0.4, -0.2) is 9.67 Å². The van der Waals surface area contributed by atoms with Crippen LogP contribution >= 0.6 is 0 Å². The fourth-order valence-corrected chi connectivity index (χ4v) is 1.69. The zero-order chi connectivity index (χ0) is 9.42. The molecule has 2 rings (SSSR count). The van der Waals surface area contributed by atoms with E-state index >= 15 is 0 Å². The van der Waals surface area contributed by atoms with Gasteiger partial charge in [0, 0.05) is 24.1 Å². The average Bonchev–Trinajstić information content (AvgIpc) is 2.48. The summed E-state index contributed by atoms with van der Waals surface area (Å²) >= 11 is 0.